The van der Waals surface area contributed by atoms with Crippen molar-refractivity contribution in [3.05, 3.63) is 53.6 Å². The molecule has 3 N–H and O–H groups in total. The molecule has 0 aromatic heterocycles. The van der Waals surface area contributed by atoms with Gasteiger partial charge in [0.1, 0.15) is 5.75 Å². The maximum absolute atomic E-state index is 12.3. The second-order valence-corrected chi connectivity index (χ2v) is 4.45. The van der Waals surface area contributed by atoms with Crippen molar-refractivity contribution in [1.82, 2.24) is 0 Å². The molecule has 0 aliphatic heterocycles. The lowest BCUT2D eigenvalue weighted by Crippen LogP contribution is -2.13. The number of nitriles is 1. The summed E-state index contributed by atoms with van der Waals surface area (Å²) in [6, 6.07) is 14.1. The van der Waals surface area contributed by atoms with Crippen molar-refractivity contribution < 1.29 is 9.53 Å². The standard InChI is InChI=1S/C16H15N3O2/c1-21-15-7-4-12(18)10-14(15)16(20)19-13-5-2-11(3-6-13)8-9-17/h2-7,10H,8,18H2,1H3,(H,19,20). The summed E-state index contributed by atoms with van der Waals surface area (Å²) in [6.45, 7) is 0. The van der Waals surface area contributed by atoms with E-state index in [1.54, 1.807) is 42.5 Å². The van der Waals surface area contributed by atoms with Crippen molar-refractivity contribution in [2.24, 2.45) is 0 Å². The Morgan fingerprint density at radius 2 is 2.00 bits per heavy atom. The van der Waals surface area contributed by atoms with Gasteiger partial charge in [0.05, 0.1) is 25.2 Å². The normalized spacial score (nSPS) is 9.71. The molecule has 0 aliphatic carbocycles. The molecule has 2 rings (SSSR count). The molecule has 0 atom stereocenters. The number of carbonyl (C=O) groups is 1. The molecule has 0 heterocycles. The first-order valence-electron chi connectivity index (χ1n) is 6.35. The number of nitrogens with zero attached hydrogens (tertiary/aromatic N) is 1. The summed E-state index contributed by atoms with van der Waals surface area (Å²) in [5, 5.41) is 11.4. The van der Waals surface area contributed by atoms with Crippen LogP contribution in [0.15, 0.2) is 42.5 Å². The number of amides is 1. The van der Waals surface area contributed by atoms with E-state index in [-0.39, 0.29) is 5.91 Å². The Morgan fingerprint density at radius 3 is 2.62 bits per heavy atom. The van der Waals surface area contributed by atoms with Crippen molar-refractivity contribution in [3.63, 3.8) is 0 Å². The number of carbonyl (C=O) groups excluding carboxylic acids is 1. The Labute approximate surface area is 123 Å². The van der Waals surface area contributed by atoms with Crippen LogP contribution in [0.3, 0.4) is 0 Å². The van der Waals surface area contributed by atoms with Crippen LogP contribution in [0.25, 0.3) is 0 Å². The molecular formula is C16H15N3O2. The van der Waals surface area contributed by atoms with E-state index in [2.05, 4.69) is 11.4 Å². The molecule has 21 heavy (non-hydrogen) atoms. The first-order valence-corrected chi connectivity index (χ1v) is 6.35. The lowest BCUT2D eigenvalue weighted by atomic mass is 10.1. The second-order valence-electron chi connectivity index (χ2n) is 4.45. The number of ether oxygens (including phenoxy) is 1. The molecule has 0 unspecified atom stereocenters. The minimum Gasteiger partial charge on any atom is -0.496 e. The predicted molar refractivity (Wildman–Crippen MR) is 81.1 cm³/mol. The highest BCUT2D eigenvalue weighted by Gasteiger charge is 2.12. The van der Waals surface area contributed by atoms with Crippen LogP contribution in [0.2, 0.25) is 0 Å². The van der Waals surface area contributed by atoms with Gasteiger partial charge in [-0.15, -0.1) is 0 Å². The molecule has 0 bridgehead atoms. The zero-order valence-corrected chi connectivity index (χ0v) is 11.6. The number of hydrogen-bond donors (Lipinski definition) is 2. The summed E-state index contributed by atoms with van der Waals surface area (Å²) in [4.78, 5) is 12.3. The first-order chi connectivity index (χ1) is 10.1. The number of methoxy groups -OCH3 is 1. The Kier molecular flexibility index (Phi) is 4.42. The minimum absolute atomic E-state index is 0.299. The average Bonchev–Trinajstić information content (AvgIpc) is 2.49. The number of nitrogens with one attached hydrogen (secondary N) is 1. The van der Waals surface area contributed by atoms with Crippen LogP contribution in [0.1, 0.15) is 15.9 Å². The van der Waals surface area contributed by atoms with Gasteiger partial charge in [-0.1, -0.05) is 12.1 Å². The van der Waals surface area contributed by atoms with Gasteiger partial charge >= 0.3 is 0 Å². The van der Waals surface area contributed by atoms with Gasteiger partial charge in [-0.2, -0.15) is 5.26 Å². The third-order valence-corrected chi connectivity index (χ3v) is 2.96. The maximum atomic E-state index is 12.3. The molecule has 0 spiro atoms. The van der Waals surface area contributed by atoms with Crippen molar-refractivity contribution in [1.29, 1.82) is 5.26 Å². The first kappa shape index (κ1) is 14.4. The lowest BCUT2D eigenvalue weighted by molar-refractivity contribution is 0.102. The number of nitrogens with two attached hydrogens (primary N) is 1. The van der Waals surface area contributed by atoms with Gasteiger partial charge in [0.2, 0.25) is 0 Å². The third kappa shape index (κ3) is 3.51. The molecule has 0 saturated heterocycles. The van der Waals surface area contributed by atoms with Crippen LogP contribution in [0.4, 0.5) is 11.4 Å². The summed E-state index contributed by atoms with van der Waals surface area (Å²) in [5.41, 5.74) is 8.11. The van der Waals surface area contributed by atoms with E-state index in [4.69, 9.17) is 15.7 Å². The van der Waals surface area contributed by atoms with Crippen LogP contribution in [-0.4, -0.2) is 13.0 Å². The molecule has 5 nitrogen and oxygen atoms in total. The molecule has 2 aromatic rings. The highest BCUT2D eigenvalue weighted by Crippen LogP contribution is 2.22. The number of rotatable bonds is 4. The number of nitrogen functional groups attached to an aromatic ring is 1. The Balaban J connectivity index is 2.18. The van der Waals surface area contributed by atoms with E-state index in [1.165, 1.54) is 7.11 Å². The topological polar surface area (TPSA) is 88.1 Å². The predicted octanol–water partition coefficient (Wildman–Crippen LogP) is 2.60. The highest BCUT2D eigenvalue weighted by atomic mass is 16.5. The summed E-state index contributed by atoms with van der Waals surface area (Å²) in [7, 11) is 1.50. The van der Waals surface area contributed by atoms with Gasteiger partial charge in [0.25, 0.3) is 5.91 Å². The monoisotopic (exact) mass is 281 g/mol. The van der Waals surface area contributed by atoms with Gasteiger partial charge in [-0.3, -0.25) is 4.79 Å². The fraction of sp³-hybridized carbons (Fsp3) is 0.125. The van der Waals surface area contributed by atoms with Crippen LogP contribution in [-0.2, 0) is 6.42 Å². The second kappa shape index (κ2) is 6.44. The molecular weight excluding hydrogens is 266 g/mol. The smallest absolute Gasteiger partial charge is 0.259 e. The minimum atomic E-state index is -0.299. The fourth-order valence-corrected chi connectivity index (χ4v) is 1.90. The van der Waals surface area contributed by atoms with Gasteiger partial charge in [0.15, 0.2) is 0 Å². The Morgan fingerprint density at radius 1 is 1.29 bits per heavy atom. The summed E-state index contributed by atoms with van der Waals surface area (Å²) >= 11 is 0. The van der Waals surface area contributed by atoms with E-state index < -0.39 is 0 Å². The number of benzene rings is 2. The van der Waals surface area contributed by atoms with E-state index in [0.29, 0.717) is 29.1 Å². The molecule has 1 amide bonds. The molecule has 106 valence electrons. The van der Waals surface area contributed by atoms with E-state index in [0.717, 1.165) is 5.56 Å². The molecule has 0 radical (unpaired) electrons. The van der Waals surface area contributed by atoms with Crippen molar-refractivity contribution in [2.75, 3.05) is 18.2 Å². The van der Waals surface area contributed by atoms with E-state index >= 15 is 0 Å². The highest BCUT2D eigenvalue weighted by molar-refractivity contribution is 6.06. The molecule has 0 aliphatic rings. The van der Waals surface area contributed by atoms with Crippen LogP contribution in [0.5, 0.6) is 5.75 Å². The quantitative estimate of drug-likeness (QED) is 0.843. The van der Waals surface area contributed by atoms with Gasteiger partial charge in [-0.05, 0) is 35.9 Å². The Bertz CT molecular complexity index is 688. The van der Waals surface area contributed by atoms with Gasteiger partial charge in [-0.25, -0.2) is 0 Å². The molecule has 0 saturated carbocycles. The average molecular weight is 281 g/mol. The number of hydrogen-bond acceptors (Lipinski definition) is 4. The van der Waals surface area contributed by atoms with Crippen LogP contribution in [0, 0.1) is 11.3 Å². The molecule has 0 fully saturated rings. The maximum Gasteiger partial charge on any atom is 0.259 e. The number of anilines is 2. The van der Waals surface area contributed by atoms with Crippen molar-refractivity contribution >= 4 is 17.3 Å². The van der Waals surface area contributed by atoms with Crippen LogP contribution >= 0.6 is 0 Å². The third-order valence-electron chi connectivity index (χ3n) is 2.96. The summed E-state index contributed by atoms with van der Waals surface area (Å²) in [6.07, 6.45) is 0.345. The fourth-order valence-electron chi connectivity index (χ4n) is 1.90. The summed E-state index contributed by atoms with van der Waals surface area (Å²) < 4.78 is 5.16. The summed E-state index contributed by atoms with van der Waals surface area (Å²) in [5.74, 6) is 0.162. The molecule has 2 aromatic carbocycles. The van der Waals surface area contributed by atoms with E-state index in [9.17, 15) is 4.79 Å². The van der Waals surface area contributed by atoms with E-state index in [1.807, 2.05) is 0 Å². The van der Waals surface area contributed by atoms with Crippen LogP contribution < -0.4 is 15.8 Å². The molecule has 5 heteroatoms. The lowest BCUT2D eigenvalue weighted by Gasteiger charge is -2.10. The van der Waals surface area contributed by atoms with Crippen molar-refractivity contribution in [3.8, 4) is 11.8 Å². The zero-order valence-electron chi connectivity index (χ0n) is 11.6. The van der Waals surface area contributed by atoms with Gasteiger partial charge in [0, 0.05) is 11.4 Å². The van der Waals surface area contributed by atoms with Crippen molar-refractivity contribution in [2.45, 2.75) is 6.42 Å². The Hall–Kier alpha value is -3.00. The largest absolute Gasteiger partial charge is 0.496 e. The SMILES string of the molecule is COc1ccc(N)cc1C(=O)Nc1ccc(CC#N)cc1. The van der Waals surface area contributed by atoms with Gasteiger partial charge < -0.3 is 15.8 Å². The zero-order chi connectivity index (χ0) is 15.2.